The minimum absolute atomic E-state index is 0.00206. The minimum Gasteiger partial charge on any atom is -0.468 e. The number of aromatic nitrogens is 2. The van der Waals surface area contributed by atoms with Gasteiger partial charge in [0.2, 0.25) is 5.82 Å². The molecule has 0 aliphatic carbocycles. The summed E-state index contributed by atoms with van der Waals surface area (Å²) in [5, 5.41) is 11.6. The van der Waals surface area contributed by atoms with E-state index in [2.05, 4.69) is 19.4 Å². The second-order valence-corrected chi connectivity index (χ2v) is 6.96. The van der Waals surface area contributed by atoms with Gasteiger partial charge in [0.1, 0.15) is 25.0 Å². The first kappa shape index (κ1) is 25.8. The maximum absolute atomic E-state index is 12.2. The molecule has 0 radical (unpaired) electrons. The van der Waals surface area contributed by atoms with Gasteiger partial charge in [-0.25, -0.2) is 4.98 Å². The van der Waals surface area contributed by atoms with Crippen molar-refractivity contribution in [3.8, 4) is 11.6 Å². The fourth-order valence-corrected chi connectivity index (χ4v) is 3.02. The van der Waals surface area contributed by atoms with Crippen molar-refractivity contribution in [2.75, 3.05) is 31.7 Å². The number of hydrogen-bond acceptors (Lipinski definition) is 9. The lowest BCUT2D eigenvalue weighted by Crippen LogP contribution is -2.35. The lowest BCUT2D eigenvalue weighted by molar-refractivity contribution is -0.385. The van der Waals surface area contributed by atoms with Crippen LogP contribution in [0.2, 0.25) is 0 Å². The van der Waals surface area contributed by atoms with E-state index in [4.69, 9.17) is 4.74 Å². The average molecular weight is 468 g/mol. The van der Waals surface area contributed by atoms with Crippen LogP contribution in [0.3, 0.4) is 0 Å². The quantitative estimate of drug-likeness (QED) is 0.309. The molecule has 0 bridgehead atoms. The Hall–Kier alpha value is -3.41. The van der Waals surface area contributed by atoms with Crippen molar-refractivity contribution in [1.82, 2.24) is 9.97 Å². The van der Waals surface area contributed by atoms with Gasteiger partial charge in [0, 0.05) is 32.7 Å². The zero-order valence-corrected chi connectivity index (χ0v) is 18.4. The number of nitrogens with zero attached hydrogens (tertiary/aromatic N) is 4. The molecule has 0 spiro atoms. The molecule has 2 heterocycles. The highest BCUT2D eigenvalue weighted by atomic mass is 19.3. The van der Waals surface area contributed by atoms with E-state index in [9.17, 15) is 23.7 Å². The summed E-state index contributed by atoms with van der Waals surface area (Å²) in [5.41, 5.74) is 0.239. The van der Waals surface area contributed by atoms with Crippen LogP contribution >= 0.6 is 0 Å². The van der Waals surface area contributed by atoms with Gasteiger partial charge in [-0.1, -0.05) is 12.1 Å². The van der Waals surface area contributed by atoms with Crippen LogP contribution in [-0.4, -0.2) is 54.6 Å². The molecule has 1 aliphatic rings. The number of benzene rings is 1. The molecule has 1 fully saturated rings. The molecule has 1 aliphatic heterocycles. The molecule has 0 atom stereocenters. The third kappa shape index (κ3) is 7.90. The van der Waals surface area contributed by atoms with Gasteiger partial charge in [-0.05, 0) is 37.5 Å². The van der Waals surface area contributed by atoms with Gasteiger partial charge >= 0.3 is 12.3 Å². The largest absolute Gasteiger partial charge is 0.468 e. The van der Waals surface area contributed by atoms with Gasteiger partial charge in [0.15, 0.2) is 0 Å². The van der Waals surface area contributed by atoms with Gasteiger partial charge in [-0.15, -0.1) is 0 Å². The van der Waals surface area contributed by atoms with E-state index >= 15 is 0 Å². The fraction of sp³-hybridized carbons (Fsp3) is 0.476. The fourth-order valence-electron chi connectivity index (χ4n) is 3.02. The van der Waals surface area contributed by atoms with Crippen LogP contribution in [0.5, 0.6) is 11.6 Å². The van der Waals surface area contributed by atoms with Gasteiger partial charge in [-0.3, -0.25) is 10.1 Å². The van der Waals surface area contributed by atoms with Crippen molar-refractivity contribution in [3.63, 3.8) is 0 Å². The van der Waals surface area contributed by atoms with Crippen molar-refractivity contribution in [1.29, 1.82) is 0 Å². The molecule has 1 aromatic heterocycles. The lowest BCUT2D eigenvalue weighted by atomic mass is 9.98. The Labute approximate surface area is 189 Å². The van der Waals surface area contributed by atoms with Gasteiger partial charge in [0.25, 0.3) is 5.88 Å². The zero-order valence-electron chi connectivity index (χ0n) is 18.4. The summed E-state index contributed by atoms with van der Waals surface area (Å²) in [5.74, 6) is -0.104. The highest BCUT2D eigenvalue weighted by Crippen LogP contribution is 2.35. The van der Waals surface area contributed by atoms with Crippen LogP contribution < -0.4 is 14.4 Å². The number of ether oxygens (including phenoxy) is 3. The molecule has 0 unspecified atom stereocenters. The topological polar surface area (TPSA) is 117 Å². The van der Waals surface area contributed by atoms with Gasteiger partial charge in [0.05, 0.1) is 4.92 Å². The Kier molecular flexibility index (Phi) is 10.3. The van der Waals surface area contributed by atoms with Crippen LogP contribution in [0, 0.1) is 16.0 Å². The lowest BCUT2D eigenvalue weighted by Gasteiger charge is -2.30. The summed E-state index contributed by atoms with van der Waals surface area (Å²) in [7, 11) is 1.68. The van der Waals surface area contributed by atoms with Crippen molar-refractivity contribution in [2.45, 2.75) is 33.0 Å². The first-order valence-electron chi connectivity index (χ1n) is 10.2. The first-order valence-corrected chi connectivity index (χ1v) is 10.2. The van der Waals surface area contributed by atoms with Crippen molar-refractivity contribution in [2.24, 2.45) is 5.92 Å². The second kappa shape index (κ2) is 13.2. The molecule has 180 valence electrons. The number of methoxy groups -OCH3 is 1. The molecule has 1 saturated heterocycles. The minimum atomic E-state index is -2.92. The molecular weight excluding hydrogens is 442 g/mol. The number of aldehydes is 1. The number of carbonyl (C=O) groups excluding carboxylic acids is 1. The molecule has 0 N–H and O–H groups in total. The Balaban J connectivity index is 0.000000890. The van der Waals surface area contributed by atoms with Gasteiger partial charge < -0.3 is 23.9 Å². The van der Waals surface area contributed by atoms with Crippen LogP contribution in [0.4, 0.5) is 20.3 Å². The number of piperidine rings is 1. The van der Waals surface area contributed by atoms with E-state index in [1.54, 1.807) is 12.0 Å². The molecule has 10 nitrogen and oxygen atoms in total. The number of alkyl halides is 2. The SMILES string of the molecule is CCOC.O=CC1CCN(c2ncnc(OCc3ccc(OC(F)F)cc3)c2[N+](=O)[O-])CC1. The molecular formula is C21H26F2N4O6. The van der Waals surface area contributed by atoms with E-state index in [0.29, 0.717) is 31.5 Å². The second-order valence-electron chi connectivity index (χ2n) is 6.96. The Morgan fingerprint density at radius 1 is 1.24 bits per heavy atom. The van der Waals surface area contributed by atoms with Crippen LogP contribution in [0.15, 0.2) is 30.6 Å². The molecule has 1 aromatic carbocycles. The van der Waals surface area contributed by atoms with E-state index < -0.39 is 11.5 Å². The van der Waals surface area contributed by atoms with Crippen LogP contribution in [0.25, 0.3) is 0 Å². The van der Waals surface area contributed by atoms with E-state index in [-0.39, 0.29) is 35.7 Å². The molecule has 33 heavy (non-hydrogen) atoms. The number of nitro groups is 1. The smallest absolute Gasteiger partial charge is 0.387 e. The van der Waals surface area contributed by atoms with Crippen LogP contribution in [0.1, 0.15) is 25.3 Å². The van der Waals surface area contributed by atoms with E-state index in [1.165, 1.54) is 30.6 Å². The summed E-state index contributed by atoms with van der Waals surface area (Å²) in [6.45, 7) is 0.730. The van der Waals surface area contributed by atoms with Crippen molar-refractivity contribution >= 4 is 17.8 Å². The number of halogens is 2. The standard InChI is InChI=1S/C18H18F2N4O5.C3H8O/c19-18(20)29-14-3-1-13(2-4-14)10-28-17-15(24(26)27)16(21-11-22-17)23-7-5-12(9-25)6-8-23;1-3-4-2/h1-4,9,11-12,18H,5-8,10H2;3H2,1-2H3. The summed E-state index contributed by atoms with van der Waals surface area (Å²) in [4.78, 5) is 31.6. The molecule has 12 heteroatoms. The highest BCUT2D eigenvalue weighted by molar-refractivity contribution is 5.63. The first-order chi connectivity index (χ1) is 15.9. The van der Waals surface area contributed by atoms with Crippen LogP contribution in [-0.2, 0) is 16.1 Å². The number of carbonyl (C=O) groups is 1. The number of anilines is 1. The summed E-state index contributed by atoms with van der Waals surface area (Å²) in [6.07, 6.45) is 3.27. The Bertz CT molecular complexity index is 891. The average Bonchev–Trinajstić information content (AvgIpc) is 2.83. The highest BCUT2D eigenvalue weighted by Gasteiger charge is 2.30. The van der Waals surface area contributed by atoms with Gasteiger partial charge in [-0.2, -0.15) is 13.8 Å². The predicted octanol–water partition coefficient (Wildman–Crippen LogP) is 3.63. The third-order valence-corrected chi connectivity index (χ3v) is 4.80. The zero-order chi connectivity index (χ0) is 24.2. The van der Waals surface area contributed by atoms with Crippen molar-refractivity contribution < 1.29 is 32.7 Å². The predicted molar refractivity (Wildman–Crippen MR) is 115 cm³/mol. The number of hydrogen-bond donors (Lipinski definition) is 0. The Morgan fingerprint density at radius 2 is 1.88 bits per heavy atom. The van der Waals surface area contributed by atoms with E-state index in [0.717, 1.165) is 12.9 Å². The Morgan fingerprint density at radius 3 is 2.39 bits per heavy atom. The third-order valence-electron chi connectivity index (χ3n) is 4.80. The maximum Gasteiger partial charge on any atom is 0.387 e. The summed E-state index contributed by atoms with van der Waals surface area (Å²) < 4.78 is 38.7. The van der Waals surface area contributed by atoms with Crippen molar-refractivity contribution in [3.05, 3.63) is 46.3 Å². The monoisotopic (exact) mass is 468 g/mol. The number of rotatable bonds is 9. The molecule has 0 amide bonds. The molecule has 3 rings (SSSR count). The normalized spacial score (nSPS) is 13.8. The molecule has 0 saturated carbocycles. The molecule has 2 aromatic rings. The maximum atomic E-state index is 12.2. The summed E-state index contributed by atoms with van der Waals surface area (Å²) >= 11 is 0. The van der Waals surface area contributed by atoms with E-state index in [1.807, 2.05) is 6.92 Å². The summed E-state index contributed by atoms with van der Waals surface area (Å²) in [6, 6.07) is 5.72.